The number of allylic oxidation sites excluding steroid dienone is 8. The zero-order valence-electron chi connectivity index (χ0n) is 34.8. The molecule has 0 saturated carbocycles. The van der Waals surface area contributed by atoms with Crippen LogP contribution in [0.15, 0.2) is 48.6 Å². The van der Waals surface area contributed by atoms with E-state index in [0.29, 0.717) is 25.7 Å². The molecule has 0 aromatic carbocycles. The standard InChI is InChI=1S/C47H82O6/c1-4-7-10-13-16-19-21-22-23-24-26-28-31-34-37-40-46(49)52-43-44(42-51-45(48)39-36-33-30-27-18-15-12-9-6-3)53-47(50)41-38-35-32-29-25-20-17-14-11-8-5-2/h8,11,17,20,27,29-30,32,44H,4-7,9-10,12-16,18-19,21-26,28,31,33-43H2,1-3H3/b11-8-,20-17-,30-27-,32-29-. The highest BCUT2D eigenvalue weighted by atomic mass is 16.6. The van der Waals surface area contributed by atoms with Crippen molar-refractivity contribution in [2.24, 2.45) is 0 Å². The minimum absolute atomic E-state index is 0.100. The Kier molecular flexibility index (Phi) is 40.0. The second kappa shape index (κ2) is 42.1. The molecule has 0 fully saturated rings. The predicted octanol–water partition coefficient (Wildman–Crippen LogP) is 14.0. The first-order valence-corrected chi connectivity index (χ1v) is 22.1. The lowest BCUT2D eigenvalue weighted by Crippen LogP contribution is -2.30. The first-order chi connectivity index (χ1) is 26.0. The van der Waals surface area contributed by atoms with Gasteiger partial charge in [-0.3, -0.25) is 14.4 Å². The maximum absolute atomic E-state index is 12.6. The van der Waals surface area contributed by atoms with E-state index in [9.17, 15) is 14.4 Å². The molecule has 0 radical (unpaired) electrons. The fourth-order valence-corrected chi connectivity index (χ4v) is 6.00. The number of esters is 3. The molecule has 1 atom stereocenters. The summed E-state index contributed by atoms with van der Waals surface area (Å²) in [4.78, 5) is 37.6. The van der Waals surface area contributed by atoms with Gasteiger partial charge in [-0.05, 0) is 64.2 Å². The second-order valence-corrected chi connectivity index (χ2v) is 14.6. The van der Waals surface area contributed by atoms with Gasteiger partial charge in [-0.15, -0.1) is 0 Å². The van der Waals surface area contributed by atoms with Gasteiger partial charge in [0.2, 0.25) is 0 Å². The lowest BCUT2D eigenvalue weighted by Gasteiger charge is -2.18. The van der Waals surface area contributed by atoms with Gasteiger partial charge in [0.1, 0.15) is 13.2 Å². The molecule has 0 bridgehead atoms. The van der Waals surface area contributed by atoms with E-state index in [4.69, 9.17) is 14.2 Å². The Morgan fingerprint density at radius 2 is 0.755 bits per heavy atom. The van der Waals surface area contributed by atoms with E-state index in [1.165, 1.54) is 103 Å². The van der Waals surface area contributed by atoms with E-state index >= 15 is 0 Å². The van der Waals surface area contributed by atoms with Crippen LogP contribution in [0.2, 0.25) is 0 Å². The van der Waals surface area contributed by atoms with Crippen molar-refractivity contribution in [3.05, 3.63) is 48.6 Å². The average molecular weight is 743 g/mol. The van der Waals surface area contributed by atoms with Crippen molar-refractivity contribution >= 4 is 17.9 Å². The molecule has 0 saturated heterocycles. The molecule has 0 aliphatic rings. The largest absolute Gasteiger partial charge is 0.462 e. The predicted molar refractivity (Wildman–Crippen MR) is 224 cm³/mol. The van der Waals surface area contributed by atoms with Crippen LogP contribution < -0.4 is 0 Å². The fraction of sp³-hybridized carbons (Fsp3) is 0.766. The van der Waals surface area contributed by atoms with E-state index in [1.54, 1.807) is 0 Å². The second-order valence-electron chi connectivity index (χ2n) is 14.6. The van der Waals surface area contributed by atoms with Gasteiger partial charge in [-0.2, -0.15) is 0 Å². The third kappa shape index (κ3) is 40.4. The first kappa shape index (κ1) is 50.4. The molecule has 0 aliphatic heterocycles. The molecule has 0 spiro atoms. The van der Waals surface area contributed by atoms with Crippen molar-refractivity contribution in [2.45, 2.75) is 219 Å². The first-order valence-electron chi connectivity index (χ1n) is 22.1. The summed E-state index contributed by atoms with van der Waals surface area (Å²) in [6, 6.07) is 0. The van der Waals surface area contributed by atoms with E-state index < -0.39 is 6.10 Å². The van der Waals surface area contributed by atoms with Crippen LogP contribution in [0.1, 0.15) is 213 Å². The van der Waals surface area contributed by atoms with E-state index in [0.717, 1.165) is 57.8 Å². The molecule has 0 N–H and O–H groups in total. The van der Waals surface area contributed by atoms with Crippen LogP contribution in [-0.2, 0) is 28.6 Å². The molecule has 6 heteroatoms. The van der Waals surface area contributed by atoms with Crippen LogP contribution >= 0.6 is 0 Å². The minimum Gasteiger partial charge on any atom is -0.462 e. The normalized spacial score (nSPS) is 12.4. The van der Waals surface area contributed by atoms with Gasteiger partial charge in [-0.25, -0.2) is 0 Å². The van der Waals surface area contributed by atoms with Crippen molar-refractivity contribution in [2.75, 3.05) is 13.2 Å². The van der Waals surface area contributed by atoms with Gasteiger partial charge in [0.15, 0.2) is 6.10 Å². The number of rotatable bonds is 39. The van der Waals surface area contributed by atoms with Crippen molar-refractivity contribution in [1.29, 1.82) is 0 Å². The number of unbranched alkanes of at least 4 members (excludes halogenated alkanes) is 20. The fourth-order valence-electron chi connectivity index (χ4n) is 6.00. The SMILES string of the molecule is CC/C=C\C/C=C\C/C=C\CCCC(=O)OC(COC(=O)CCC/C=C\CCCCCC)COC(=O)CCCCCCCCCCCCCCCCC. The van der Waals surface area contributed by atoms with Crippen LogP contribution in [0, 0.1) is 0 Å². The lowest BCUT2D eigenvalue weighted by molar-refractivity contribution is -0.167. The summed E-state index contributed by atoms with van der Waals surface area (Å²) in [6.45, 7) is 6.40. The van der Waals surface area contributed by atoms with Gasteiger partial charge in [0, 0.05) is 19.3 Å². The van der Waals surface area contributed by atoms with Gasteiger partial charge >= 0.3 is 17.9 Å². The maximum atomic E-state index is 12.6. The van der Waals surface area contributed by atoms with Gasteiger partial charge in [0.25, 0.3) is 0 Å². The minimum atomic E-state index is -0.804. The number of carbonyl (C=O) groups excluding carboxylic acids is 3. The summed E-state index contributed by atoms with van der Waals surface area (Å²) in [6.07, 6.45) is 48.3. The summed E-state index contributed by atoms with van der Waals surface area (Å²) in [5, 5.41) is 0. The van der Waals surface area contributed by atoms with E-state index in [-0.39, 0.29) is 37.5 Å². The molecule has 0 aromatic rings. The van der Waals surface area contributed by atoms with Crippen LogP contribution in [0.4, 0.5) is 0 Å². The van der Waals surface area contributed by atoms with Gasteiger partial charge < -0.3 is 14.2 Å². The number of carbonyl (C=O) groups is 3. The van der Waals surface area contributed by atoms with Crippen LogP contribution in [-0.4, -0.2) is 37.2 Å². The lowest BCUT2D eigenvalue weighted by atomic mass is 10.0. The van der Waals surface area contributed by atoms with Crippen LogP contribution in [0.3, 0.4) is 0 Å². The Morgan fingerprint density at radius 3 is 1.25 bits per heavy atom. The zero-order chi connectivity index (χ0) is 38.7. The third-order valence-corrected chi connectivity index (χ3v) is 9.32. The van der Waals surface area contributed by atoms with Crippen molar-refractivity contribution in [3.8, 4) is 0 Å². The van der Waals surface area contributed by atoms with Crippen molar-refractivity contribution in [3.63, 3.8) is 0 Å². The van der Waals surface area contributed by atoms with Crippen LogP contribution in [0.5, 0.6) is 0 Å². The van der Waals surface area contributed by atoms with Crippen LogP contribution in [0.25, 0.3) is 0 Å². The Balaban J connectivity index is 4.40. The molecule has 0 aromatic heterocycles. The quantitative estimate of drug-likeness (QED) is 0.0270. The maximum Gasteiger partial charge on any atom is 0.306 e. The van der Waals surface area contributed by atoms with Crippen molar-refractivity contribution in [1.82, 2.24) is 0 Å². The topological polar surface area (TPSA) is 78.9 Å². The Morgan fingerprint density at radius 1 is 0.396 bits per heavy atom. The number of hydrogen-bond donors (Lipinski definition) is 0. The Bertz CT molecular complexity index is 949. The molecular weight excluding hydrogens is 661 g/mol. The summed E-state index contributed by atoms with van der Waals surface area (Å²) >= 11 is 0. The molecule has 53 heavy (non-hydrogen) atoms. The third-order valence-electron chi connectivity index (χ3n) is 9.32. The summed E-state index contributed by atoms with van der Waals surface area (Å²) in [5.41, 5.74) is 0. The molecule has 0 amide bonds. The molecule has 1 unspecified atom stereocenters. The highest BCUT2D eigenvalue weighted by molar-refractivity contribution is 5.71. The highest BCUT2D eigenvalue weighted by Gasteiger charge is 2.19. The summed E-state index contributed by atoms with van der Waals surface area (Å²) in [5.74, 6) is -0.995. The van der Waals surface area contributed by atoms with Crippen molar-refractivity contribution < 1.29 is 28.6 Å². The molecular formula is C47H82O6. The molecule has 306 valence electrons. The van der Waals surface area contributed by atoms with Gasteiger partial charge in [0.05, 0.1) is 0 Å². The number of ether oxygens (including phenoxy) is 3. The monoisotopic (exact) mass is 743 g/mol. The molecule has 0 rings (SSSR count). The Labute approximate surface area is 327 Å². The zero-order valence-corrected chi connectivity index (χ0v) is 34.8. The Hall–Kier alpha value is -2.63. The molecule has 0 heterocycles. The molecule has 0 aliphatic carbocycles. The highest BCUT2D eigenvalue weighted by Crippen LogP contribution is 2.14. The average Bonchev–Trinajstić information content (AvgIpc) is 3.15. The van der Waals surface area contributed by atoms with E-state index in [1.807, 2.05) is 0 Å². The molecule has 6 nitrogen and oxygen atoms in total. The smallest absolute Gasteiger partial charge is 0.306 e. The number of hydrogen-bond acceptors (Lipinski definition) is 6. The summed E-state index contributed by atoms with van der Waals surface area (Å²) < 4.78 is 16.6. The summed E-state index contributed by atoms with van der Waals surface area (Å²) in [7, 11) is 0. The van der Waals surface area contributed by atoms with Gasteiger partial charge in [-0.1, -0.05) is 179 Å². The van der Waals surface area contributed by atoms with E-state index in [2.05, 4.69) is 69.4 Å².